The van der Waals surface area contributed by atoms with Gasteiger partial charge >= 0.3 is 0 Å². The SMILES string of the molecule is Cc1ccc(NC(=O)CCCN)cc1S(=O)(=O)N1CCCCC1. The van der Waals surface area contributed by atoms with Crippen LogP contribution in [0.5, 0.6) is 0 Å². The normalized spacial score (nSPS) is 16.3. The first-order chi connectivity index (χ1) is 10.9. The molecule has 2 rings (SSSR count). The van der Waals surface area contributed by atoms with E-state index >= 15 is 0 Å². The van der Waals surface area contributed by atoms with Gasteiger partial charge in [-0.1, -0.05) is 12.5 Å². The maximum atomic E-state index is 12.8. The maximum Gasteiger partial charge on any atom is 0.243 e. The van der Waals surface area contributed by atoms with Crippen molar-refractivity contribution in [2.75, 3.05) is 25.0 Å². The Morgan fingerprint density at radius 2 is 1.96 bits per heavy atom. The Morgan fingerprint density at radius 3 is 2.61 bits per heavy atom. The van der Waals surface area contributed by atoms with Gasteiger partial charge in [0, 0.05) is 25.2 Å². The lowest BCUT2D eigenvalue weighted by Crippen LogP contribution is -2.36. The first kappa shape index (κ1) is 17.9. The molecule has 6 nitrogen and oxygen atoms in total. The minimum atomic E-state index is -3.51. The fraction of sp³-hybridized carbons (Fsp3) is 0.562. The van der Waals surface area contributed by atoms with Crippen LogP contribution >= 0.6 is 0 Å². The van der Waals surface area contributed by atoms with Gasteiger partial charge in [-0.2, -0.15) is 4.31 Å². The molecule has 3 N–H and O–H groups in total. The highest BCUT2D eigenvalue weighted by Crippen LogP contribution is 2.26. The molecule has 0 unspecified atom stereocenters. The first-order valence-electron chi connectivity index (χ1n) is 8.06. The Kier molecular flexibility index (Phi) is 6.15. The van der Waals surface area contributed by atoms with Crippen molar-refractivity contribution < 1.29 is 13.2 Å². The second-order valence-corrected chi connectivity index (χ2v) is 7.79. The third-order valence-electron chi connectivity index (χ3n) is 4.01. The monoisotopic (exact) mass is 339 g/mol. The van der Waals surface area contributed by atoms with E-state index in [0.717, 1.165) is 19.3 Å². The van der Waals surface area contributed by atoms with Crippen molar-refractivity contribution >= 4 is 21.6 Å². The number of nitrogens with two attached hydrogens (primary N) is 1. The standard InChI is InChI=1S/C16H25N3O3S/c1-13-7-8-14(18-16(20)6-5-9-17)12-15(13)23(21,22)19-10-3-2-4-11-19/h7-8,12H,2-6,9-11,17H2,1H3,(H,18,20). The molecule has 0 spiro atoms. The number of rotatable bonds is 6. The summed E-state index contributed by atoms with van der Waals surface area (Å²) in [5.41, 5.74) is 6.59. The van der Waals surface area contributed by atoms with Gasteiger partial charge in [0.2, 0.25) is 15.9 Å². The molecule has 0 bridgehead atoms. The van der Waals surface area contributed by atoms with Crippen molar-refractivity contribution in [1.29, 1.82) is 0 Å². The molecule has 1 heterocycles. The van der Waals surface area contributed by atoms with Crippen LogP contribution in [0.3, 0.4) is 0 Å². The zero-order chi connectivity index (χ0) is 16.9. The Balaban J connectivity index is 2.21. The van der Waals surface area contributed by atoms with Gasteiger partial charge in [-0.25, -0.2) is 8.42 Å². The first-order valence-corrected chi connectivity index (χ1v) is 9.50. The van der Waals surface area contributed by atoms with Gasteiger partial charge in [-0.05, 0) is 50.4 Å². The Bertz CT molecular complexity index is 653. The van der Waals surface area contributed by atoms with Crippen molar-refractivity contribution in [3.63, 3.8) is 0 Å². The molecule has 1 aromatic rings. The number of piperidine rings is 1. The average Bonchev–Trinajstić information content (AvgIpc) is 2.55. The summed E-state index contributed by atoms with van der Waals surface area (Å²) in [6.45, 7) is 3.36. The molecule has 1 aromatic carbocycles. The number of hydrogen-bond donors (Lipinski definition) is 2. The maximum absolute atomic E-state index is 12.8. The van der Waals surface area contributed by atoms with Crippen LogP contribution in [0, 0.1) is 6.92 Å². The average molecular weight is 339 g/mol. The van der Waals surface area contributed by atoms with E-state index in [0.29, 0.717) is 43.7 Å². The summed E-state index contributed by atoms with van der Waals surface area (Å²) in [5.74, 6) is -0.152. The van der Waals surface area contributed by atoms with Crippen LogP contribution in [-0.4, -0.2) is 38.3 Å². The molecule has 1 aliphatic heterocycles. The van der Waals surface area contributed by atoms with Gasteiger partial charge < -0.3 is 11.1 Å². The van der Waals surface area contributed by atoms with Gasteiger partial charge in [0.1, 0.15) is 0 Å². The van der Waals surface area contributed by atoms with Crippen LogP contribution in [-0.2, 0) is 14.8 Å². The molecule has 1 saturated heterocycles. The van der Waals surface area contributed by atoms with E-state index in [1.54, 1.807) is 29.4 Å². The fourth-order valence-electron chi connectivity index (χ4n) is 2.69. The number of hydrogen-bond acceptors (Lipinski definition) is 4. The Hall–Kier alpha value is -1.44. The van der Waals surface area contributed by atoms with Crippen LogP contribution in [0.4, 0.5) is 5.69 Å². The second-order valence-electron chi connectivity index (χ2n) is 5.89. The summed E-state index contributed by atoms with van der Waals surface area (Å²) >= 11 is 0. The Morgan fingerprint density at radius 1 is 1.26 bits per heavy atom. The molecule has 23 heavy (non-hydrogen) atoms. The molecule has 0 atom stereocenters. The number of carbonyl (C=O) groups excluding carboxylic acids is 1. The number of amides is 1. The molecule has 7 heteroatoms. The molecule has 1 aliphatic rings. The summed E-state index contributed by atoms with van der Waals surface area (Å²) in [5, 5.41) is 2.74. The lowest BCUT2D eigenvalue weighted by molar-refractivity contribution is -0.116. The number of nitrogens with one attached hydrogen (secondary N) is 1. The van der Waals surface area contributed by atoms with Gasteiger partial charge in [0.15, 0.2) is 0 Å². The summed E-state index contributed by atoms with van der Waals surface area (Å²) in [4.78, 5) is 12.1. The smallest absolute Gasteiger partial charge is 0.243 e. The lowest BCUT2D eigenvalue weighted by atomic mass is 10.2. The molecular weight excluding hydrogens is 314 g/mol. The lowest BCUT2D eigenvalue weighted by Gasteiger charge is -2.26. The largest absolute Gasteiger partial charge is 0.330 e. The van der Waals surface area contributed by atoms with E-state index < -0.39 is 10.0 Å². The van der Waals surface area contributed by atoms with E-state index in [2.05, 4.69) is 5.32 Å². The molecule has 0 aliphatic carbocycles. The van der Waals surface area contributed by atoms with Crippen molar-refractivity contribution in [1.82, 2.24) is 4.31 Å². The van der Waals surface area contributed by atoms with Crippen LogP contribution < -0.4 is 11.1 Å². The zero-order valence-electron chi connectivity index (χ0n) is 13.5. The number of benzene rings is 1. The molecule has 1 fully saturated rings. The molecular formula is C16H25N3O3S. The summed E-state index contributed by atoms with van der Waals surface area (Å²) in [6, 6.07) is 5.01. The number of anilines is 1. The van der Waals surface area contributed by atoms with Crippen LogP contribution in [0.1, 0.15) is 37.7 Å². The van der Waals surface area contributed by atoms with Crippen molar-refractivity contribution in [3.05, 3.63) is 23.8 Å². The number of aryl methyl sites for hydroxylation is 1. The quantitative estimate of drug-likeness (QED) is 0.827. The van der Waals surface area contributed by atoms with E-state index in [-0.39, 0.29) is 10.8 Å². The van der Waals surface area contributed by atoms with Crippen molar-refractivity contribution in [2.24, 2.45) is 5.73 Å². The Labute approximate surface area is 138 Å². The van der Waals surface area contributed by atoms with Gasteiger partial charge in [-0.15, -0.1) is 0 Å². The molecule has 0 radical (unpaired) electrons. The highest BCUT2D eigenvalue weighted by Gasteiger charge is 2.27. The third kappa shape index (κ3) is 4.53. The van der Waals surface area contributed by atoms with Crippen molar-refractivity contribution in [3.8, 4) is 0 Å². The minimum absolute atomic E-state index is 0.152. The number of carbonyl (C=O) groups is 1. The zero-order valence-corrected chi connectivity index (χ0v) is 14.4. The number of sulfonamides is 1. The molecule has 0 aromatic heterocycles. The van der Waals surface area contributed by atoms with Gasteiger partial charge in [0.05, 0.1) is 4.90 Å². The van der Waals surface area contributed by atoms with E-state index in [1.165, 1.54) is 0 Å². The molecule has 1 amide bonds. The van der Waals surface area contributed by atoms with E-state index in [9.17, 15) is 13.2 Å². The molecule has 128 valence electrons. The fourth-order valence-corrected chi connectivity index (χ4v) is 4.45. The van der Waals surface area contributed by atoms with E-state index in [1.807, 2.05) is 0 Å². The van der Waals surface area contributed by atoms with Crippen molar-refractivity contribution in [2.45, 2.75) is 43.9 Å². The number of nitrogens with zero attached hydrogens (tertiary/aromatic N) is 1. The third-order valence-corrected chi connectivity index (χ3v) is 6.05. The molecule has 0 saturated carbocycles. The highest BCUT2D eigenvalue weighted by molar-refractivity contribution is 7.89. The van der Waals surface area contributed by atoms with Crippen LogP contribution in [0.15, 0.2) is 23.1 Å². The van der Waals surface area contributed by atoms with Gasteiger partial charge in [-0.3, -0.25) is 4.79 Å². The van der Waals surface area contributed by atoms with Crippen LogP contribution in [0.25, 0.3) is 0 Å². The topological polar surface area (TPSA) is 92.5 Å². The predicted molar refractivity (Wildman–Crippen MR) is 90.7 cm³/mol. The van der Waals surface area contributed by atoms with Gasteiger partial charge in [0.25, 0.3) is 0 Å². The summed E-state index contributed by atoms with van der Waals surface area (Å²) < 4.78 is 27.2. The van der Waals surface area contributed by atoms with E-state index in [4.69, 9.17) is 5.73 Å². The minimum Gasteiger partial charge on any atom is -0.330 e. The summed E-state index contributed by atoms with van der Waals surface area (Å²) in [6.07, 6.45) is 3.80. The van der Waals surface area contributed by atoms with Crippen LogP contribution in [0.2, 0.25) is 0 Å². The second kappa shape index (κ2) is 7.90. The summed E-state index contributed by atoms with van der Waals surface area (Å²) in [7, 11) is -3.51. The predicted octanol–water partition coefficient (Wildman–Crippen LogP) is 1.85. The highest BCUT2D eigenvalue weighted by atomic mass is 32.2.